The molecule has 0 atom stereocenters. The van der Waals surface area contributed by atoms with Gasteiger partial charge in [0.15, 0.2) is 0 Å². The van der Waals surface area contributed by atoms with Gasteiger partial charge in [0.25, 0.3) is 0 Å². The van der Waals surface area contributed by atoms with Crippen LogP contribution in [0, 0.1) is 0 Å². The molecule has 122 valence electrons. The maximum absolute atomic E-state index is 12.3. The van der Waals surface area contributed by atoms with Gasteiger partial charge in [-0.1, -0.05) is 17.7 Å². The van der Waals surface area contributed by atoms with Crippen molar-refractivity contribution in [1.29, 1.82) is 0 Å². The normalized spacial score (nSPS) is 15.1. The van der Waals surface area contributed by atoms with E-state index in [0.29, 0.717) is 10.8 Å². The van der Waals surface area contributed by atoms with Gasteiger partial charge in [-0.25, -0.2) is 23.1 Å². The number of halogens is 1. The zero-order valence-electron chi connectivity index (χ0n) is 12.4. The fourth-order valence-electron chi connectivity index (χ4n) is 2.47. The van der Waals surface area contributed by atoms with Crippen LogP contribution in [0.15, 0.2) is 41.4 Å². The highest BCUT2D eigenvalue weighted by Gasteiger charge is 2.17. The van der Waals surface area contributed by atoms with E-state index in [1.54, 1.807) is 18.3 Å². The average molecular weight is 353 g/mol. The number of rotatable bonds is 5. The molecule has 0 spiro atoms. The number of nitrogens with one attached hydrogen (secondary N) is 1. The van der Waals surface area contributed by atoms with Gasteiger partial charge < -0.3 is 4.90 Å². The van der Waals surface area contributed by atoms with Gasteiger partial charge in [0, 0.05) is 24.3 Å². The fourth-order valence-corrected chi connectivity index (χ4v) is 3.75. The van der Waals surface area contributed by atoms with Crippen molar-refractivity contribution < 1.29 is 8.42 Å². The first-order chi connectivity index (χ1) is 11.0. The molecular weight excluding hydrogens is 336 g/mol. The molecule has 0 unspecified atom stereocenters. The summed E-state index contributed by atoms with van der Waals surface area (Å²) >= 11 is 5.84. The third-order valence-electron chi connectivity index (χ3n) is 3.65. The summed E-state index contributed by atoms with van der Waals surface area (Å²) in [5.41, 5.74) is 0. The zero-order chi connectivity index (χ0) is 16.3. The van der Waals surface area contributed by atoms with Gasteiger partial charge in [-0.05, 0) is 37.1 Å². The molecule has 0 radical (unpaired) electrons. The Labute approximate surface area is 140 Å². The van der Waals surface area contributed by atoms with Crippen LogP contribution in [0.1, 0.15) is 18.7 Å². The second-order valence-electron chi connectivity index (χ2n) is 5.31. The Morgan fingerprint density at radius 3 is 2.74 bits per heavy atom. The first kappa shape index (κ1) is 16.2. The largest absolute Gasteiger partial charge is 0.357 e. The topological polar surface area (TPSA) is 75.2 Å². The van der Waals surface area contributed by atoms with Crippen molar-refractivity contribution in [1.82, 2.24) is 14.7 Å². The number of benzene rings is 1. The molecule has 1 N–H and O–H groups in total. The summed E-state index contributed by atoms with van der Waals surface area (Å²) in [7, 11) is -3.64. The van der Waals surface area contributed by atoms with Crippen molar-refractivity contribution in [2.24, 2.45) is 0 Å². The number of sulfonamides is 1. The predicted octanol–water partition coefficient (Wildman–Crippen LogP) is 2.21. The zero-order valence-corrected chi connectivity index (χ0v) is 14.0. The van der Waals surface area contributed by atoms with E-state index in [2.05, 4.69) is 19.6 Å². The summed E-state index contributed by atoms with van der Waals surface area (Å²) in [5, 5.41) is 0.375. The average Bonchev–Trinajstić information content (AvgIpc) is 3.08. The summed E-state index contributed by atoms with van der Waals surface area (Å²) in [6, 6.07) is 7.98. The lowest BCUT2D eigenvalue weighted by Gasteiger charge is -2.16. The second kappa shape index (κ2) is 6.82. The van der Waals surface area contributed by atoms with Crippen LogP contribution in [0.5, 0.6) is 0 Å². The molecule has 6 nitrogen and oxygen atoms in total. The molecule has 2 aromatic rings. The summed E-state index contributed by atoms with van der Waals surface area (Å²) in [4.78, 5) is 10.9. The summed E-state index contributed by atoms with van der Waals surface area (Å²) in [6.45, 7) is 1.99. The van der Waals surface area contributed by atoms with E-state index in [-0.39, 0.29) is 11.4 Å². The first-order valence-electron chi connectivity index (χ1n) is 7.37. The molecule has 1 fully saturated rings. The Bertz CT molecular complexity index is 792. The Balaban J connectivity index is 1.71. The van der Waals surface area contributed by atoms with Crippen LogP contribution in [-0.4, -0.2) is 31.5 Å². The minimum atomic E-state index is -3.64. The maximum Gasteiger partial charge on any atom is 0.241 e. The lowest BCUT2D eigenvalue weighted by Crippen LogP contribution is -2.25. The third-order valence-corrected chi connectivity index (χ3v) is 5.28. The molecule has 1 aromatic heterocycles. The van der Waals surface area contributed by atoms with Gasteiger partial charge >= 0.3 is 0 Å². The highest BCUT2D eigenvalue weighted by Crippen LogP contribution is 2.18. The Morgan fingerprint density at radius 2 is 2.00 bits per heavy atom. The summed E-state index contributed by atoms with van der Waals surface area (Å²) in [6.07, 6.45) is 3.96. The Kier molecular flexibility index (Phi) is 4.79. The molecule has 1 saturated heterocycles. The van der Waals surface area contributed by atoms with E-state index in [4.69, 9.17) is 11.6 Å². The van der Waals surface area contributed by atoms with Gasteiger partial charge in [-0.2, -0.15) is 0 Å². The standard InChI is InChI=1S/C15H17ClN4O2S/c16-12-4-3-5-13(10-12)23(21,22)18-11-14-17-7-6-15(19-14)20-8-1-2-9-20/h3-7,10,18H,1-2,8-9,11H2. The maximum atomic E-state index is 12.3. The van der Waals surface area contributed by atoms with Gasteiger partial charge in [0.1, 0.15) is 11.6 Å². The molecule has 2 heterocycles. The van der Waals surface area contributed by atoms with Crippen molar-refractivity contribution in [3.05, 3.63) is 47.4 Å². The van der Waals surface area contributed by atoms with E-state index in [9.17, 15) is 8.42 Å². The van der Waals surface area contributed by atoms with Crippen LogP contribution in [0.2, 0.25) is 5.02 Å². The molecule has 23 heavy (non-hydrogen) atoms. The highest BCUT2D eigenvalue weighted by molar-refractivity contribution is 7.89. The predicted molar refractivity (Wildman–Crippen MR) is 89.0 cm³/mol. The van der Waals surface area contributed by atoms with Crippen molar-refractivity contribution in [3.8, 4) is 0 Å². The van der Waals surface area contributed by atoms with Gasteiger partial charge in [-0.3, -0.25) is 0 Å². The van der Waals surface area contributed by atoms with Crippen LogP contribution >= 0.6 is 11.6 Å². The number of nitrogens with zero attached hydrogens (tertiary/aromatic N) is 3. The summed E-state index contributed by atoms with van der Waals surface area (Å²) in [5.74, 6) is 1.29. The van der Waals surface area contributed by atoms with Crippen molar-refractivity contribution in [2.75, 3.05) is 18.0 Å². The number of aromatic nitrogens is 2. The number of anilines is 1. The van der Waals surface area contributed by atoms with E-state index in [1.165, 1.54) is 12.1 Å². The lowest BCUT2D eigenvalue weighted by molar-refractivity contribution is 0.579. The molecule has 1 aliphatic rings. The summed E-state index contributed by atoms with van der Waals surface area (Å²) < 4.78 is 27.0. The smallest absolute Gasteiger partial charge is 0.241 e. The molecule has 0 saturated carbocycles. The van der Waals surface area contributed by atoms with Crippen LogP contribution < -0.4 is 9.62 Å². The van der Waals surface area contributed by atoms with E-state index < -0.39 is 10.0 Å². The highest BCUT2D eigenvalue weighted by atomic mass is 35.5. The Morgan fingerprint density at radius 1 is 1.22 bits per heavy atom. The Hall–Kier alpha value is -1.70. The molecule has 0 bridgehead atoms. The van der Waals surface area contributed by atoms with Crippen LogP contribution in [-0.2, 0) is 16.6 Å². The fraction of sp³-hybridized carbons (Fsp3) is 0.333. The van der Waals surface area contributed by atoms with Crippen molar-refractivity contribution in [3.63, 3.8) is 0 Å². The SMILES string of the molecule is O=S(=O)(NCc1nccc(N2CCCC2)n1)c1cccc(Cl)c1. The number of hydrogen-bond donors (Lipinski definition) is 1. The molecule has 3 rings (SSSR count). The van der Waals surface area contributed by atoms with Crippen LogP contribution in [0.25, 0.3) is 0 Å². The van der Waals surface area contributed by atoms with E-state index >= 15 is 0 Å². The quantitative estimate of drug-likeness (QED) is 0.892. The molecule has 1 aliphatic heterocycles. The molecule has 0 aliphatic carbocycles. The first-order valence-corrected chi connectivity index (χ1v) is 9.23. The van der Waals surface area contributed by atoms with Crippen LogP contribution in [0.4, 0.5) is 5.82 Å². The molecule has 8 heteroatoms. The van der Waals surface area contributed by atoms with Crippen molar-refractivity contribution >= 4 is 27.4 Å². The second-order valence-corrected chi connectivity index (χ2v) is 7.51. The van der Waals surface area contributed by atoms with E-state index in [0.717, 1.165) is 31.7 Å². The lowest BCUT2D eigenvalue weighted by atomic mass is 10.4. The number of hydrogen-bond acceptors (Lipinski definition) is 5. The van der Waals surface area contributed by atoms with E-state index in [1.807, 2.05) is 6.07 Å². The van der Waals surface area contributed by atoms with Gasteiger partial charge in [0.05, 0.1) is 11.4 Å². The van der Waals surface area contributed by atoms with Crippen molar-refractivity contribution in [2.45, 2.75) is 24.3 Å². The molecule has 1 aromatic carbocycles. The molecular formula is C15H17ClN4O2S. The minimum Gasteiger partial charge on any atom is -0.357 e. The van der Waals surface area contributed by atoms with Gasteiger partial charge in [-0.15, -0.1) is 0 Å². The van der Waals surface area contributed by atoms with Gasteiger partial charge in [0.2, 0.25) is 10.0 Å². The molecule has 0 amide bonds. The third kappa shape index (κ3) is 3.99. The monoisotopic (exact) mass is 352 g/mol. The van der Waals surface area contributed by atoms with Crippen LogP contribution in [0.3, 0.4) is 0 Å². The minimum absolute atomic E-state index is 0.0382.